The normalized spacial score (nSPS) is 16.1. The fourth-order valence-corrected chi connectivity index (χ4v) is 8.25. The summed E-state index contributed by atoms with van der Waals surface area (Å²) in [4.78, 5) is 56.9. The molecular formula is C41H40N2O4S2. The summed E-state index contributed by atoms with van der Waals surface area (Å²) < 4.78 is 0. The second kappa shape index (κ2) is 15.7. The lowest BCUT2D eigenvalue weighted by Crippen LogP contribution is -2.37. The van der Waals surface area contributed by atoms with E-state index in [1.165, 1.54) is 42.8 Å². The highest BCUT2D eigenvalue weighted by atomic mass is 32.2. The highest BCUT2D eigenvalue weighted by Gasteiger charge is 2.35. The molecule has 6 nitrogen and oxygen atoms in total. The van der Waals surface area contributed by atoms with Gasteiger partial charge in [0.05, 0.1) is 9.81 Å². The molecule has 0 saturated heterocycles. The summed E-state index contributed by atoms with van der Waals surface area (Å²) in [7, 11) is 1.85. The number of thioether (sulfide) groups is 2. The predicted octanol–water partition coefficient (Wildman–Crippen LogP) is 9.26. The van der Waals surface area contributed by atoms with Crippen LogP contribution in [0.5, 0.6) is 0 Å². The van der Waals surface area contributed by atoms with Crippen molar-refractivity contribution in [2.75, 3.05) is 13.6 Å². The van der Waals surface area contributed by atoms with E-state index < -0.39 is 0 Å². The molecule has 0 aliphatic heterocycles. The molecule has 0 heterocycles. The molecule has 0 bridgehead atoms. The lowest BCUT2D eigenvalue weighted by Gasteiger charge is -2.28. The first-order valence-electron chi connectivity index (χ1n) is 16.7. The topological polar surface area (TPSA) is 83.6 Å². The monoisotopic (exact) mass is 688 g/mol. The first-order valence-corrected chi connectivity index (χ1v) is 18.3. The molecule has 3 aliphatic rings. The summed E-state index contributed by atoms with van der Waals surface area (Å²) in [5.74, 6) is -0.288. The highest BCUT2D eigenvalue weighted by molar-refractivity contribution is 8.04. The number of hydrogen-bond donors (Lipinski definition) is 1. The summed E-state index contributed by atoms with van der Waals surface area (Å²) in [6, 6.07) is 33.9. The van der Waals surface area contributed by atoms with Crippen LogP contribution in [0, 0.1) is 0 Å². The van der Waals surface area contributed by atoms with Gasteiger partial charge in [-0.2, -0.15) is 0 Å². The molecule has 250 valence electrons. The minimum Gasteiger partial charge on any atom is -0.378 e. The Balaban J connectivity index is 0.000000192. The van der Waals surface area contributed by atoms with Gasteiger partial charge in [-0.1, -0.05) is 128 Å². The lowest BCUT2D eigenvalue weighted by molar-refractivity contribution is 0.0955. The first-order chi connectivity index (χ1) is 23.9. The Hall–Kier alpha value is -4.66. The molecule has 0 unspecified atom stereocenters. The minimum atomic E-state index is -0.0806. The van der Waals surface area contributed by atoms with E-state index in [2.05, 4.69) is 5.32 Å². The van der Waals surface area contributed by atoms with Gasteiger partial charge in [-0.05, 0) is 44.0 Å². The van der Waals surface area contributed by atoms with E-state index in [1.807, 2.05) is 91.7 Å². The average molecular weight is 689 g/mol. The Morgan fingerprint density at radius 2 is 1.02 bits per heavy atom. The summed E-state index contributed by atoms with van der Waals surface area (Å²) >= 11 is 2.74. The van der Waals surface area contributed by atoms with Crippen LogP contribution in [0.4, 0.5) is 0 Å². The van der Waals surface area contributed by atoms with Crippen molar-refractivity contribution in [1.82, 2.24) is 10.2 Å². The van der Waals surface area contributed by atoms with Crippen molar-refractivity contribution in [3.05, 3.63) is 153 Å². The predicted molar refractivity (Wildman–Crippen MR) is 199 cm³/mol. The van der Waals surface area contributed by atoms with E-state index in [4.69, 9.17) is 0 Å². The Morgan fingerprint density at radius 3 is 1.53 bits per heavy atom. The molecule has 7 rings (SSSR count). The maximum atomic E-state index is 13.2. The van der Waals surface area contributed by atoms with Gasteiger partial charge < -0.3 is 10.2 Å². The van der Waals surface area contributed by atoms with Gasteiger partial charge in [0.2, 0.25) is 23.1 Å². The van der Waals surface area contributed by atoms with Gasteiger partial charge in [0.1, 0.15) is 11.4 Å². The number of likely N-dealkylation sites (N-methyl/N-ethyl adjacent to an activating group) is 1. The second-order valence-corrected chi connectivity index (χ2v) is 14.3. The number of hydrogen-bond acceptors (Lipinski definition) is 8. The van der Waals surface area contributed by atoms with Crippen molar-refractivity contribution < 1.29 is 20.6 Å². The van der Waals surface area contributed by atoms with Crippen LogP contribution in [0.15, 0.2) is 140 Å². The number of ketones is 4. The maximum Gasteiger partial charge on any atom is 0.211 e. The van der Waals surface area contributed by atoms with Crippen LogP contribution < -0.4 is 5.32 Å². The van der Waals surface area contributed by atoms with Gasteiger partial charge in [-0.15, -0.1) is 0 Å². The fraction of sp³-hybridized carbons (Fsp3) is 0.220. The largest absolute Gasteiger partial charge is 0.378 e. The smallest absolute Gasteiger partial charge is 0.211 e. The van der Waals surface area contributed by atoms with Crippen LogP contribution >= 0.6 is 23.5 Å². The number of fused-ring (bicyclic) bond motifs is 2. The lowest BCUT2D eigenvalue weighted by atomic mass is 9.90. The van der Waals surface area contributed by atoms with Crippen molar-refractivity contribution >= 4 is 46.7 Å². The third kappa shape index (κ3) is 7.51. The van der Waals surface area contributed by atoms with E-state index in [-0.39, 0.29) is 30.6 Å². The zero-order valence-corrected chi connectivity index (χ0v) is 29.2. The van der Waals surface area contributed by atoms with Crippen LogP contribution in [0.1, 0.15) is 81.9 Å². The zero-order valence-electron chi connectivity index (χ0n) is 27.6. The number of rotatable bonds is 8. The van der Waals surface area contributed by atoms with Gasteiger partial charge in [0.15, 0.2) is 0 Å². The van der Waals surface area contributed by atoms with Gasteiger partial charge in [-0.25, -0.2) is 0 Å². The molecule has 8 heteroatoms. The molecule has 0 spiro atoms. The quantitative estimate of drug-likeness (QED) is 0.196. The molecular weight excluding hydrogens is 649 g/mol. The Labute approximate surface area is 297 Å². The number of carbonyl (C=O) groups excluding carboxylic acids is 4. The second-order valence-electron chi connectivity index (χ2n) is 12.1. The maximum absolute atomic E-state index is 13.2. The molecule has 0 atom stereocenters. The molecule has 3 aliphatic carbocycles. The average Bonchev–Trinajstić information content (AvgIpc) is 3.15. The molecule has 1 N–H and O–H groups in total. The van der Waals surface area contributed by atoms with Crippen LogP contribution in [-0.4, -0.2) is 47.7 Å². The molecule has 0 radical (unpaired) electrons. The van der Waals surface area contributed by atoms with Crippen molar-refractivity contribution in [3.63, 3.8) is 0 Å². The van der Waals surface area contributed by atoms with E-state index in [1.54, 1.807) is 36.4 Å². The molecule has 0 amide bonds. The fourth-order valence-electron chi connectivity index (χ4n) is 6.18. The summed E-state index contributed by atoms with van der Waals surface area (Å²) in [5, 5.41) is 3.44. The van der Waals surface area contributed by atoms with Gasteiger partial charge in [0, 0.05) is 53.1 Å². The molecule has 1 fully saturated rings. The first kappa shape index (κ1) is 34.2. The number of nitrogens with one attached hydrogen (secondary N) is 1. The van der Waals surface area contributed by atoms with Crippen molar-refractivity contribution in [2.45, 2.75) is 54.9 Å². The zero-order chi connectivity index (χ0) is 34.3. The molecule has 4 aromatic carbocycles. The van der Waals surface area contributed by atoms with Crippen LogP contribution in [0.2, 0.25) is 0 Å². The van der Waals surface area contributed by atoms with Crippen LogP contribution in [0.3, 0.4) is 0 Å². The Morgan fingerprint density at radius 1 is 0.592 bits per heavy atom. The summed E-state index contributed by atoms with van der Waals surface area (Å²) in [6.07, 6.45) is 5.69. The minimum absolute atomic E-state index is 0. The SMILES string of the molecule is CCN(C)C1=C(Sc2ccccc2)C(=O)c2ccccc2C1=O.O=C1C(NC2CCCCC2)=C(Sc2ccccc2)C(=O)c2ccccc21.[HH]. The standard InChI is InChI=1S/C22H21NO2S.C19H17NO2S.H2/c24-20-17-13-7-8-14-18(17)21(25)22(26-16-11-5-2-6-12-16)19(20)23-15-9-3-1-4-10-15;1-3-20(2)16-17(21)14-11-7-8-12-15(14)18(22)19(16)23-13-9-5-4-6-10-13;/h2,5-8,11-15,23H,1,3-4,9-10H2;4-12H,3H2,1-2H3;1H. The molecule has 4 aromatic rings. The van der Waals surface area contributed by atoms with E-state index in [9.17, 15) is 19.2 Å². The van der Waals surface area contributed by atoms with Gasteiger partial charge in [-0.3, -0.25) is 19.2 Å². The number of carbonyl (C=O) groups is 4. The number of nitrogens with zero attached hydrogens (tertiary/aromatic N) is 1. The van der Waals surface area contributed by atoms with Crippen LogP contribution in [0.25, 0.3) is 0 Å². The van der Waals surface area contributed by atoms with Crippen LogP contribution in [-0.2, 0) is 0 Å². The van der Waals surface area contributed by atoms with E-state index in [0.29, 0.717) is 50.0 Å². The van der Waals surface area contributed by atoms with E-state index >= 15 is 0 Å². The number of allylic oxidation sites excluding steroid dienone is 4. The number of benzene rings is 4. The van der Waals surface area contributed by atoms with Gasteiger partial charge >= 0.3 is 0 Å². The van der Waals surface area contributed by atoms with Crippen molar-refractivity contribution in [2.24, 2.45) is 0 Å². The Kier molecular flexibility index (Phi) is 11.0. The Bertz CT molecular complexity index is 1950. The highest BCUT2D eigenvalue weighted by Crippen LogP contribution is 2.39. The van der Waals surface area contributed by atoms with Crippen molar-refractivity contribution in [3.8, 4) is 0 Å². The summed E-state index contributed by atoms with van der Waals surface area (Å²) in [6.45, 7) is 2.63. The third-order valence-corrected chi connectivity index (χ3v) is 11.1. The molecule has 0 aromatic heterocycles. The molecule has 49 heavy (non-hydrogen) atoms. The third-order valence-electron chi connectivity index (χ3n) is 8.87. The van der Waals surface area contributed by atoms with Crippen molar-refractivity contribution in [1.29, 1.82) is 0 Å². The summed E-state index contributed by atoms with van der Waals surface area (Å²) in [5.41, 5.74) is 2.97. The van der Waals surface area contributed by atoms with Gasteiger partial charge in [0.25, 0.3) is 0 Å². The van der Waals surface area contributed by atoms with E-state index in [0.717, 1.165) is 22.6 Å². The number of Topliss-reactive ketones (excluding diaryl/α,β-unsaturated/α-hetero) is 4. The molecule has 1 saturated carbocycles.